The number of aryl methyl sites for hydroxylation is 2. The third-order valence-corrected chi connectivity index (χ3v) is 3.92. The van der Waals surface area contributed by atoms with Crippen molar-refractivity contribution in [1.82, 2.24) is 15.5 Å². The van der Waals surface area contributed by atoms with Crippen LogP contribution in [-0.4, -0.2) is 23.2 Å². The highest BCUT2D eigenvalue weighted by Gasteiger charge is 2.13. The second-order valence-corrected chi connectivity index (χ2v) is 5.80. The first-order valence-corrected chi connectivity index (χ1v) is 8.03. The predicted molar refractivity (Wildman–Crippen MR) is 96.4 cm³/mol. The fourth-order valence-corrected chi connectivity index (χ4v) is 2.55. The zero-order chi connectivity index (χ0) is 17.8. The maximum absolute atomic E-state index is 12.0. The van der Waals surface area contributed by atoms with Gasteiger partial charge in [-0.05, 0) is 37.6 Å². The number of hydrogen-bond acceptors (Lipinski definition) is 5. The zero-order valence-corrected chi connectivity index (χ0v) is 14.5. The molecule has 1 heterocycles. The summed E-state index contributed by atoms with van der Waals surface area (Å²) in [6.07, 6.45) is 0. The molecule has 0 atom stereocenters. The van der Waals surface area contributed by atoms with Crippen LogP contribution in [0.2, 0.25) is 0 Å². The second kappa shape index (κ2) is 7.17. The average Bonchev–Trinajstić information content (AvgIpc) is 3.09. The molecule has 0 aliphatic rings. The van der Waals surface area contributed by atoms with Crippen LogP contribution >= 0.6 is 0 Å². The largest absolute Gasteiger partial charge is 0.419 e. The van der Waals surface area contributed by atoms with Gasteiger partial charge in [-0.2, -0.15) is 0 Å². The first-order valence-electron chi connectivity index (χ1n) is 8.03. The van der Waals surface area contributed by atoms with Crippen molar-refractivity contribution in [3.05, 3.63) is 65.0 Å². The molecule has 2 N–H and O–H groups in total. The lowest BCUT2D eigenvalue weighted by atomic mass is 10.1. The van der Waals surface area contributed by atoms with E-state index in [-0.39, 0.29) is 5.91 Å². The molecule has 0 bridgehead atoms. The number of carbonyl (C=O) groups is 1. The number of hydrogen-bond donors (Lipinski definition) is 2. The topological polar surface area (TPSA) is 80.0 Å². The summed E-state index contributed by atoms with van der Waals surface area (Å²) in [6, 6.07) is 13.5. The van der Waals surface area contributed by atoms with Crippen LogP contribution in [0, 0.1) is 13.8 Å². The normalized spacial score (nSPS) is 10.5. The fraction of sp³-hybridized carbons (Fsp3) is 0.211. The maximum Gasteiger partial charge on any atom is 0.253 e. The van der Waals surface area contributed by atoms with Gasteiger partial charge in [-0.15, -0.1) is 10.2 Å². The molecule has 128 valence electrons. The van der Waals surface area contributed by atoms with Crippen molar-refractivity contribution in [3.8, 4) is 11.5 Å². The number of amides is 1. The van der Waals surface area contributed by atoms with E-state index in [4.69, 9.17) is 4.42 Å². The minimum absolute atomic E-state index is 0.141. The highest BCUT2D eigenvalue weighted by atomic mass is 16.4. The van der Waals surface area contributed by atoms with Gasteiger partial charge in [-0.25, -0.2) is 0 Å². The molecular weight excluding hydrogens is 316 g/mol. The van der Waals surface area contributed by atoms with Gasteiger partial charge in [0.15, 0.2) is 0 Å². The number of carbonyl (C=O) groups excluding carboxylic acids is 1. The Bertz CT molecular complexity index is 902. The van der Waals surface area contributed by atoms with E-state index < -0.39 is 0 Å². The van der Waals surface area contributed by atoms with Gasteiger partial charge in [0.1, 0.15) is 0 Å². The second-order valence-electron chi connectivity index (χ2n) is 5.80. The third kappa shape index (κ3) is 3.68. The molecule has 0 unspecified atom stereocenters. The van der Waals surface area contributed by atoms with Crippen LogP contribution < -0.4 is 10.6 Å². The first kappa shape index (κ1) is 16.7. The molecule has 0 saturated carbocycles. The van der Waals surface area contributed by atoms with Crippen molar-refractivity contribution >= 4 is 11.6 Å². The number of anilines is 1. The Labute approximate surface area is 146 Å². The lowest BCUT2D eigenvalue weighted by molar-refractivity contribution is 0.0963. The Kier molecular flexibility index (Phi) is 4.79. The van der Waals surface area contributed by atoms with Crippen molar-refractivity contribution < 1.29 is 9.21 Å². The number of aromatic nitrogens is 2. The summed E-state index contributed by atoms with van der Waals surface area (Å²) >= 11 is 0. The van der Waals surface area contributed by atoms with E-state index in [1.54, 1.807) is 7.05 Å². The summed E-state index contributed by atoms with van der Waals surface area (Å²) in [5.74, 6) is 0.810. The van der Waals surface area contributed by atoms with Gasteiger partial charge < -0.3 is 15.1 Å². The lowest BCUT2D eigenvalue weighted by Crippen LogP contribution is -2.19. The van der Waals surface area contributed by atoms with Crippen LogP contribution in [0.25, 0.3) is 11.5 Å². The summed E-state index contributed by atoms with van der Waals surface area (Å²) in [5, 5.41) is 14.0. The highest BCUT2D eigenvalue weighted by molar-refractivity contribution is 5.99. The van der Waals surface area contributed by atoms with Crippen molar-refractivity contribution in [2.45, 2.75) is 20.4 Å². The Hall–Kier alpha value is -3.15. The molecule has 0 saturated heterocycles. The van der Waals surface area contributed by atoms with Crippen LogP contribution in [0.1, 0.15) is 27.4 Å². The molecule has 2 aromatic carbocycles. The molecule has 3 rings (SSSR count). The van der Waals surface area contributed by atoms with Crippen molar-refractivity contribution in [2.75, 3.05) is 12.4 Å². The van der Waals surface area contributed by atoms with Crippen LogP contribution in [0.4, 0.5) is 5.69 Å². The summed E-state index contributed by atoms with van der Waals surface area (Å²) in [7, 11) is 1.61. The summed E-state index contributed by atoms with van der Waals surface area (Å²) in [5.41, 5.74) is 4.32. The van der Waals surface area contributed by atoms with E-state index in [2.05, 4.69) is 20.8 Å². The fourth-order valence-electron chi connectivity index (χ4n) is 2.55. The lowest BCUT2D eigenvalue weighted by Gasteiger charge is -2.10. The van der Waals surface area contributed by atoms with Gasteiger partial charge in [0.2, 0.25) is 11.8 Å². The van der Waals surface area contributed by atoms with Crippen LogP contribution in [0.5, 0.6) is 0 Å². The summed E-state index contributed by atoms with van der Waals surface area (Å²) in [4.78, 5) is 12.0. The standard InChI is InChI=1S/C19H20N4O2/c1-12-8-9-16(15(10-12)18(24)20-3)21-11-17-22-23-19(25-17)14-7-5-4-6-13(14)2/h4-10,21H,11H2,1-3H3,(H,20,24). The number of rotatable bonds is 5. The third-order valence-electron chi connectivity index (χ3n) is 3.92. The molecule has 0 aliphatic heterocycles. The molecule has 6 nitrogen and oxygen atoms in total. The van der Waals surface area contributed by atoms with E-state index in [0.29, 0.717) is 23.9 Å². The molecule has 1 amide bonds. The van der Waals surface area contributed by atoms with Gasteiger partial charge in [0, 0.05) is 18.3 Å². The molecule has 25 heavy (non-hydrogen) atoms. The van der Waals surface area contributed by atoms with Gasteiger partial charge in [-0.3, -0.25) is 4.79 Å². The Morgan fingerprint density at radius 2 is 1.92 bits per heavy atom. The number of benzene rings is 2. The summed E-state index contributed by atoms with van der Waals surface area (Å²) in [6.45, 7) is 4.29. The predicted octanol–water partition coefficient (Wildman–Crippen LogP) is 3.33. The zero-order valence-electron chi connectivity index (χ0n) is 14.5. The van der Waals surface area contributed by atoms with Gasteiger partial charge in [0.05, 0.1) is 12.1 Å². The minimum Gasteiger partial charge on any atom is -0.419 e. The summed E-state index contributed by atoms with van der Waals surface area (Å²) < 4.78 is 5.74. The van der Waals surface area contributed by atoms with Crippen LogP contribution in [0.15, 0.2) is 46.9 Å². The quantitative estimate of drug-likeness (QED) is 0.747. The smallest absolute Gasteiger partial charge is 0.253 e. The van der Waals surface area contributed by atoms with Gasteiger partial charge in [0.25, 0.3) is 5.91 Å². The Morgan fingerprint density at radius 3 is 2.68 bits per heavy atom. The Balaban J connectivity index is 1.77. The van der Waals surface area contributed by atoms with E-state index in [9.17, 15) is 4.79 Å². The number of nitrogens with zero attached hydrogens (tertiary/aromatic N) is 2. The van der Waals surface area contributed by atoms with E-state index in [1.807, 2.05) is 56.3 Å². The van der Waals surface area contributed by atoms with Crippen LogP contribution in [-0.2, 0) is 6.54 Å². The van der Waals surface area contributed by atoms with E-state index >= 15 is 0 Å². The molecule has 3 aromatic rings. The highest BCUT2D eigenvalue weighted by Crippen LogP contribution is 2.22. The van der Waals surface area contributed by atoms with Crippen molar-refractivity contribution in [1.29, 1.82) is 0 Å². The first-order chi connectivity index (χ1) is 12.1. The van der Waals surface area contributed by atoms with Gasteiger partial charge >= 0.3 is 0 Å². The molecule has 6 heteroatoms. The van der Waals surface area contributed by atoms with Gasteiger partial charge in [-0.1, -0.05) is 29.8 Å². The molecule has 0 spiro atoms. The maximum atomic E-state index is 12.0. The van der Waals surface area contributed by atoms with Crippen molar-refractivity contribution in [2.24, 2.45) is 0 Å². The SMILES string of the molecule is CNC(=O)c1cc(C)ccc1NCc1nnc(-c2ccccc2C)o1. The molecule has 0 aliphatic carbocycles. The molecule has 0 radical (unpaired) electrons. The molecule has 1 aromatic heterocycles. The average molecular weight is 336 g/mol. The van der Waals surface area contributed by atoms with E-state index in [0.717, 1.165) is 22.4 Å². The van der Waals surface area contributed by atoms with E-state index in [1.165, 1.54) is 0 Å². The molecule has 0 fully saturated rings. The van der Waals surface area contributed by atoms with Crippen molar-refractivity contribution in [3.63, 3.8) is 0 Å². The minimum atomic E-state index is -0.141. The number of nitrogens with one attached hydrogen (secondary N) is 2. The molecular formula is C19H20N4O2. The Morgan fingerprint density at radius 1 is 1.12 bits per heavy atom. The van der Waals surface area contributed by atoms with Crippen LogP contribution in [0.3, 0.4) is 0 Å². The monoisotopic (exact) mass is 336 g/mol.